The van der Waals surface area contributed by atoms with Gasteiger partial charge in [0.25, 0.3) is 5.91 Å². The third kappa shape index (κ3) is 4.53. The first-order valence-corrected chi connectivity index (χ1v) is 13.1. The molecule has 0 radical (unpaired) electrons. The molecule has 3 aromatic carbocycles. The summed E-state index contributed by atoms with van der Waals surface area (Å²) in [5, 5.41) is 8.98. The summed E-state index contributed by atoms with van der Waals surface area (Å²) in [7, 11) is 0. The molecule has 1 spiro atoms. The standard InChI is InChI=1S/C29H29BrN2O4/c1-2-16-32-25-7-4-3-6-22(25)19-29(28(32)34)26(20-8-12-23(30)13-9-20)36-27(31-29)21-10-14-24(15-11-21)35-18-5-17-33/h3-4,6-15,26,33H,2,5,16-19H2,1H3/t26-,29-/m1/s1. The quantitative estimate of drug-likeness (QED) is 0.379. The van der Waals surface area contributed by atoms with Crippen molar-refractivity contribution in [2.45, 2.75) is 37.8 Å². The van der Waals surface area contributed by atoms with E-state index in [0.29, 0.717) is 37.6 Å². The Morgan fingerprint density at radius 2 is 1.86 bits per heavy atom. The number of carbonyl (C=O) groups excluding carboxylic acids is 1. The van der Waals surface area contributed by atoms with Crippen LogP contribution in [0.1, 0.15) is 42.6 Å². The van der Waals surface area contributed by atoms with Gasteiger partial charge in [-0.25, -0.2) is 4.99 Å². The molecule has 2 heterocycles. The zero-order valence-corrected chi connectivity index (χ0v) is 21.8. The Morgan fingerprint density at radius 1 is 1.11 bits per heavy atom. The number of hydrogen-bond acceptors (Lipinski definition) is 5. The van der Waals surface area contributed by atoms with Gasteiger partial charge in [-0.3, -0.25) is 4.79 Å². The summed E-state index contributed by atoms with van der Waals surface area (Å²) in [5.41, 5.74) is 2.65. The number of aliphatic imine (C=N–C) groups is 1. The molecule has 3 aromatic rings. The van der Waals surface area contributed by atoms with Crippen LogP contribution in [0.2, 0.25) is 0 Å². The number of amides is 1. The van der Waals surface area contributed by atoms with Crippen molar-refractivity contribution < 1.29 is 19.4 Å². The fourth-order valence-corrected chi connectivity index (χ4v) is 5.17. The first-order valence-electron chi connectivity index (χ1n) is 12.3. The summed E-state index contributed by atoms with van der Waals surface area (Å²) in [4.78, 5) is 21.2. The molecule has 6 nitrogen and oxygen atoms in total. The van der Waals surface area contributed by atoms with Crippen molar-refractivity contribution in [3.05, 3.63) is 94.0 Å². The Balaban J connectivity index is 1.56. The fourth-order valence-electron chi connectivity index (χ4n) is 4.91. The molecule has 0 aliphatic carbocycles. The summed E-state index contributed by atoms with van der Waals surface area (Å²) in [6.45, 7) is 3.24. The number of hydrogen-bond donors (Lipinski definition) is 1. The lowest BCUT2D eigenvalue weighted by Crippen LogP contribution is -2.55. The summed E-state index contributed by atoms with van der Waals surface area (Å²) < 4.78 is 13.2. The van der Waals surface area contributed by atoms with Crippen LogP contribution in [-0.4, -0.2) is 42.2 Å². The van der Waals surface area contributed by atoms with Crippen molar-refractivity contribution in [1.29, 1.82) is 0 Å². The second-order valence-corrected chi connectivity index (χ2v) is 10.0. The van der Waals surface area contributed by atoms with Gasteiger partial charge in [-0.15, -0.1) is 0 Å². The topological polar surface area (TPSA) is 71.4 Å². The number of carbonyl (C=O) groups is 1. The van der Waals surface area contributed by atoms with Gasteiger partial charge >= 0.3 is 0 Å². The minimum atomic E-state index is -1.09. The smallest absolute Gasteiger partial charge is 0.259 e. The molecule has 2 aliphatic rings. The molecule has 0 fully saturated rings. The van der Waals surface area contributed by atoms with Crippen molar-refractivity contribution in [2.24, 2.45) is 4.99 Å². The average Bonchev–Trinajstić information content (AvgIpc) is 3.28. The zero-order chi connectivity index (χ0) is 25.1. The molecule has 36 heavy (non-hydrogen) atoms. The van der Waals surface area contributed by atoms with Crippen LogP contribution in [0.4, 0.5) is 5.69 Å². The first-order chi connectivity index (χ1) is 17.6. The van der Waals surface area contributed by atoms with E-state index < -0.39 is 11.6 Å². The van der Waals surface area contributed by atoms with Crippen molar-refractivity contribution >= 4 is 33.4 Å². The first kappa shape index (κ1) is 24.5. The number of ether oxygens (including phenoxy) is 2. The minimum Gasteiger partial charge on any atom is -0.494 e. The van der Waals surface area contributed by atoms with Crippen molar-refractivity contribution in [1.82, 2.24) is 0 Å². The molecule has 0 saturated carbocycles. The highest BCUT2D eigenvalue weighted by atomic mass is 79.9. The van der Waals surface area contributed by atoms with Gasteiger partial charge in [0.05, 0.1) is 6.61 Å². The molecule has 1 amide bonds. The SMILES string of the molecule is CCCN1C(=O)[C@]2(Cc3ccccc31)N=C(c1ccc(OCCCO)cc1)O[C@@H]2c1ccc(Br)cc1. The third-order valence-electron chi connectivity index (χ3n) is 6.61. The van der Waals surface area contributed by atoms with Crippen LogP contribution in [0.3, 0.4) is 0 Å². The normalized spacial score (nSPS) is 20.8. The molecule has 5 rings (SSSR count). The maximum Gasteiger partial charge on any atom is 0.259 e. The van der Waals surface area contributed by atoms with Crippen molar-refractivity contribution in [3.63, 3.8) is 0 Å². The molecular weight excluding hydrogens is 520 g/mol. The molecule has 186 valence electrons. The third-order valence-corrected chi connectivity index (χ3v) is 7.14. The number of fused-ring (bicyclic) bond motifs is 1. The van der Waals surface area contributed by atoms with E-state index in [1.807, 2.05) is 71.6 Å². The average molecular weight is 549 g/mol. The van der Waals surface area contributed by atoms with E-state index in [-0.39, 0.29) is 12.5 Å². The van der Waals surface area contributed by atoms with E-state index in [2.05, 4.69) is 28.9 Å². The number of para-hydroxylation sites is 1. The molecule has 0 bridgehead atoms. The van der Waals surface area contributed by atoms with Gasteiger partial charge in [0.15, 0.2) is 11.6 Å². The Bertz CT molecular complexity index is 1260. The maximum atomic E-state index is 14.2. The number of nitrogens with zero attached hydrogens (tertiary/aromatic N) is 2. The summed E-state index contributed by atoms with van der Waals surface area (Å²) in [6, 6.07) is 23.5. The van der Waals surface area contributed by atoms with E-state index in [0.717, 1.165) is 33.3 Å². The number of aliphatic hydroxyl groups excluding tert-OH is 1. The van der Waals surface area contributed by atoms with Gasteiger partial charge in [-0.05, 0) is 60.0 Å². The zero-order valence-electron chi connectivity index (χ0n) is 20.2. The van der Waals surface area contributed by atoms with Crippen molar-refractivity contribution in [3.8, 4) is 5.75 Å². The van der Waals surface area contributed by atoms with Gasteiger partial charge in [0.2, 0.25) is 5.90 Å². The Labute approximate surface area is 219 Å². The van der Waals surface area contributed by atoms with Crippen LogP contribution in [0.25, 0.3) is 0 Å². The van der Waals surface area contributed by atoms with E-state index in [1.165, 1.54) is 0 Å². The highest BCUT2D eigenvalue weighted by Gasteiger charge is 2.57. The summed E-state index contributed by atoms with van der Waals surface area (Å²) in [6.07, 6.45) is 1.33. The van der Waals surface area contributed by atoms with E-state index >= 15 is 0 Å². The Morgan fingerprint density at radius 3 is 2.58 bits per heavy atom. The van der Waals surface area contributed by atoms with Crippen LogP contribution in [0.15, 0.2) is 82.3 Å². The van der Waals surface area contributed by atoms with E-state index in [4.69, 9.17) is 19.6 Å². The minimum absolute atomic E-state index is 0.0325. The number of rotatable bonds is 8. The number of halogens is 1. The van der Waals surface area contributed by atoms with E-state index in [9.17, 15) is 4.79 Å². The van der Waals surface area contributed by atoms with Crippen LogP contribution in [0.5, 0.6) is 5.75 Å². The summed E-state index contributed by atoms with van der Waals surface area (Å²) >= 11 is 3.51. The van der Waals surface area contributed by atoms with Gasteiger partial charge in [-0.2, -0.15) is 0 Å². The predicted molar refractivity (Wildman–Crippen MR) is 144 cm³/mol. The Hall–Kier alpha value is -3.16. The number of aliphatic hydroxyl groups is 1. The van der Waals surface area contributed by atoms with Gasteiger partial charge < -0.3 is 19.5 Å². The second-order valence-electron chi connectivity index (χ2n) is 9.10. The lowest BCUT2D eigenvalue weighted by atomic mass is 9.78. The lowest BCUT2D eigenvalue weighted by Gasteiger charge is -2.40. The molecule has 0 saturated heterocycles. The van der Waals surface area contributed by atoms with Crippen LogP contribution < -0.4 is 9.64 Å². The van der Waals surface area contributed by atoms with Gasteiger partial charge in [0, 0.05) is 41.7 Å². The predicted octanol–water partition coefficient (Wildman–Crippen LogP) is 5.47. The molecule has 0 aromatic heterocycles. The Kier molecular flexibility index (Phi) is 7.12. The molecule has 2 aliphatic heterocycles. The molecule has 7 heteroatoms. The molecular formula is C29H29BrN2O4. The second kappa shape index (κ2) is 10.4. The monoisotopic (exact) mass is 548 g/mol. The van der Waals surface area contributed by atoms with Gasteiger partial charge in [-0.1, -0.05) is 53.2 Å². The number of anilines is 1. The molecule has 1 N–H and O–H groups in total. The largest absolute Gasteiger partial charge is 0.494 e. The molecule has 2 atom stereocenters. The van der Waals surface area contributed by atoms with E-state index in [1.54, 1.807) is 0 Å². The van der Waals surface area contributed by atoms with Gasteiger partial charge in [0.1, 0.15) is 5.75 Å². The molecule has 0 unspecified atom stereocenters. The number of benzene rings is 3. The fraction of sp³-hybridized carbons (Fsp3) is 0.310. The lowest BCUT2D eigenvalue weighted by molar-refractivity contribution is -0.126. The van der Waals surface area contributed by atoms with Crippen LogP contribution in [-0.2, 0) is 16.0 Å². The van der Waals surface area contributed by atoms with Crippen LogP contribution >= 0.6 is 15.9 Å². The summed E-state index contributed by atoms with van der Waals surface area (Å²) in [5.74, 6) is 1.13. The van der Waals surface area contributed by atoms with Crippen molar-refractivity contribution in [2.75, 3.05) is 24.7 Å². The maximum absolute atomic E-state index is 14.2. The highest BCUT2D eigenvalue weighted by Crippen LogP contribution is 2.47. The highest BCUT2D eigenvalue weighted by molar-refractivity contribution is 9.10. The van der Waals surface area contributed by atoms with Crippen LogP contribution in [0, 0.1) is 0 Å².